The Balaban J connectivity index is 2.85. The number of carbonyl (C=O) groups is 1. The Morgan fingerprint density at radius 2 is 1.93 bits per heavy atom. The van der Waals surface area contributed by atoms with E-state index in [-0.39, 0.29) is 17.1 Å². The molecule has 3 heteroatoms. The van der Waals surface area contributed by atoms with Gasteiger partial charge in [-0.3, -0.25) is 4.79 Å². The summed E-state index contributed by atoms with van der Waals surface area (Å²) in [5, 5.41) is 0. The van der Waals surface area contributed by atoms with Gasteiger partial charge in [-0.15, -0.1) is 6.58 Å². The van der Waals surface area contributed by atoms with Crippen LogP contribution in [0.3, 0.4) is 0 Å². The average Bonchev–Trinajstić information content (AvgIpc) is 1.95. The van der Waals surface area contributed by atoms with Gasteiger partial charge in [0, 0.05) is 14.3 Å². The molecule has 1 aliphatic heterocycles. The van der Waals surface area contributed by atoms with Crippen LogP contribution in [0.5, 0.6) is 0 Å². The third kappa shape index (κ3) is 1.65. The number of likely N-dealkylation sites (tertiary alicyclic amines) is 1. The number of amides is 1. The molecule has 0 aromatic carbocycles. The number of hydrogen-bond donors (Lipinski definition) is 0. The van der Waals surface area contributed by atoms with Crippen LogP contribution < -0.4 is 0 Å². The van der Waals surface area contributed by atoms with E-state index in [0.29, 0.717) is 5.91 Å². The van der Waals surface area contributed by atoms with Crippen molar-refractivity contribution in [1.82, 2.24) is 4.90 Å². The number of rotatable bonds is 2. The Labute approximate surface area is 88.6 Å². The van der Waals surface area contributed by atoms with Gasteiger partial charge in [0.2, 0.25) is 5.91 Å². The molecule has 1 heterocycles. The monoisotopic (exact) mass is 211 g/mol. The van der Waals surface area contributed by atoms with Crippen LogP contribution in [0.2, 0.25) is 18.6 Å². The summed E-state index contributed by atoms with van der Waals surface area (Å²) in [5.74, 6) is 0.337. The fraction of sp³-hybridized carbons (Fsp3) is 0.727. The van der Waals surface area contributed by atoms with E-state index in [4.69, 9.17) is 0 Å². The van der Waals surface area contributed by atoms with Crippen molar-refractivity contribution in [2.45, 2.75) is 51.0 Å². The van der Waals surface area contributed by atoms with E-state index in [9.17, 15) is 4.79 Å². The first-order valence-electron chi connectivity index (χ1n) is 5.26. The Hall–Kier alpha value is -0.573. The molecule has 80 valence electrons. The van der Waals surface area contributed by atoms with E-state index in [2.05, 4.69) is 40.4 Å². The van der Waals surface area contributed by atoms with Gasteiger partial charge in [-0.2, -0.15) is 0 Å². The summed E-state index contributed by atoms with van der Waals surface area (Å²) in [5.41, 5.74) is 0.224. The smallest absolute Gasteiger partial charge is 0.225 e. The van der Waals surface area contributed by atoms with Crippen molar-refractivity contribution in [2.24, 2.45) is 0 Å². The molecule has 0 aliphatic carbocycles. The summed E-state index contributed by atoms with van der Waals surface area (Å²) >= 11 is 0. The average molecular weight is 211 g/mol. The molecule has 0 aromatic heterocycles. The lowest BCUT2D eigenvalue weighted by atomic mass is 9.92. The van der Waals surface area contributed by atoms with Crippen LogP contribution in [0.4, 0.5) is 0 Å². The van der Waals surface area contributed by atoms with Gasteiger partial charge in [0.25, 0.3) is 0 Å². The largest absolute Gasteiger partial charge is 0.331 e. The third-order valence-electron chi connectivity index (χ3n) is 2.87. The van der Waals surface area contributed by atoms with Crippen LogP contribution in [-0.4, -0.2) is 31.2 Å². The third-order valence-corrected chi connectivity index (χ3v) is 4.99. The molecule has 0 saturated carbocycles. The van der Waals surface area contributed by atoms with E-state index >= 15 is 0 Å². The molecule has 1 saturated heterocycles. The number of β-lactam (4-membered cyclic amide) rings is 1. The fourth-order valence-electron chi connectivity index (χ4n) is 2.24. The van der Waals surface area contributed by atoms with Crippen LogP contribution in [0.25, 0.3) is 0 Å². The minimum absolute atomic E-state index is 0.0598. The molecule has 1 aliphatic rings. The second-order valence-electron chi connectivity index (χ2n) is 5.38. The molecular weight excluding hydrogens is 190 g/mol. The SMILES string of the molecule is C=CC1[C@H]([SiH](C)C)C(=O)N1C(C)(C)C. The van der Waals surface area contributed by atoms with Crippen molar-refractivity contribution in [2.75, 3.05) is 0 Å². The van der Waals surface area contributed by atoms with Crippen molar-refractivity contribution < 1.29 is 4.79 Å². The molecule has 0 N–H and O–H groups in total. The first kappa shape index (κ1) is 11.5. The van der Waals surface area contributed by atoms with Crippen LogP contribution in [0.1, 0.15) is 20.8 Å². The topological polar surface area (TPSA) is 20.3 Å². The Kier molecular flexibility index (Phi) is 2.90. The molecule has 2 nitrogen and oxygen atoms in total. The van der Waals surface area contributed by atoms with Crippen LogP contribution in [0.15, 0.2) is 12.7 Å². The van der Waals surface area contributed by atoms with E-state index in [0.717, 1.165) is 0 Å². The maximum Gasteiger partial charge on any atom is 0.225 e. The Morgan fingerprint density at radius 1 is 1.43 bits per heavy atom. The molecule has 0 bridgehead atoms. The summed E-state index contributed by atoms with van der Waals surface area (Å²) in [7, 11) is -0.884. The first-order chi connectivity index (χ1) is 6.30. The zero-order chi connectivity index (χ0) is 11.1. The molecular formula is C11H21NOSi. The lowest BCUT2D eigenvalue weighted by Gasteiger charge is -2.54. The predicted octanol–water partition coefficient (Wildman–Crippen LogP) is 2.04. The van der Waals surface area contributed by atoms with Gasteiger partial charge in [0.05, 0.1) is 11.6 Å². The van der Waals surface area contributed by atoms with Crippen molar-refractivity contribution in [3.63, 3.8) is 0 Å². The van der Waals surface area contributed by atoms with Gasteiger partial charge in [0.1, 0.15) is 0 Å². The normalized spacial score (nSPS) is 27.9. The molecule has 1 unspecified atom stereocenters. The van der Waals surface area contributed by atoms with Gasteiger partial charge < -0.3 is 4.90 Å². The highest BCUT2D eigenvalue weighted by Gasteiger charge is 2.51. The zero-order valence-electron chi connectivity index (χ0n) is 9.87. The lowest BCUT2D eigenvalue weighted by molar-refractivity contribution is -0.151. The van der Waals surface area contributed by atoms with Crippen LogP contribution in [0, 0.1) is 0 Å². The maximum absolute atomic E-state index is 11.9. The van der Waals surface area contributed by atoms with E-state index < -0.39 is 8.80 Å². The zero-order valence-corrected chi connectivity index (χ0v) is 11.0. The summed E-state index contributed by atoms with van der Waals surface area (Å²) < 4.78 is 0. The summed E-state index contributed by atoms with van der Waals surface area (Å²) in [6.07, 6.45) is 1.93. The highest BCUT2D eigenvalue weighted by atomic mass is 28.3. The standard InChI is InChI=1S/C11H21NOSi/c1-7-8-9(14(5)6)10(13)12(8)11(2,3)4/h7-9,14H,1H2,2-6H3/t8?,9-/m0/s1. The Morgan fingerprint density at radius 3 is 2.21 bits per heavy atom. The molecule has 0 spiro atoms. The van der Waals surface area contributed by atoms with E-state index in [1.165, 1.54) is 0 Å². The van der Waals surface area contributed by atoms with Gasteiger partial charge in [0.15, 0.2) is 0 Å². The lowest BCUT2D eigenvalue weighted by Crippen LogP contribution is -2.66. The first-order valence-corrected chi connectivity index (χ1v) is 8.24. The van der Waals surface area contributed by atoms with Gasteiger partial charge in [-0.05, 0) is 20.8 Å². The van der Waals surface area contributed by atoms with Gasteiger partial charge in [-0.1, -0.05) is 19.2 Å². The molecule has 1 rings (SSSR count). The van der Waals surface area contributed by atoms with E-state index in [1.807, 2.05) is 11.0 Å². The predicted molar refractivity (Wildman–Crippen MR) is 63.2 cm³/mol. The van der Waals surface area contributed by atoms with E-state index in [1.54, 1.807) is 0 Å². The molecule has 0 radical (unpaired) electrons. The minimum Gasteiger partial charge on any atom is -0.331 e. The van der Waals surface area contributed by atoms with Gasteiger partial charge >= 0.3 is 0 Å². The van der Waals surface area contributed by atoms with Crippen LogP contribution >= 0.6 is 0 Å². The van der Waals surface area contributed by atoms with Crippen molar-refractivity contribution >= 4 is 14.7 Å². The number of nitrogens with zero attached hydrogens (tertiary/aromatic N) is 1. The molecule has 1 fully saturated rings. The fourth-order valence-corrected chi connectivity index (χ4v) is 4.09. The minimum atomic E-state index is -0.884. The van der Waals surface area contributed by atoms with Crippen molar-refractivity contribution in [3.05, 3.63) is 12.7 Å². The molecule has 0 aromatic rings. The Bertz CT molecular complexity index is 255. The summed E-state index contributed by atoms with van der Waals surface area (Å²) in [4.78, 5) is 13.9. The highest BCUT2D eigenvalue weighted by Crippen LogP contribution is 2.40. The second kappa shape index (κ2) is 3.53. The quantitative estimate of drug-likeness (QED) is 0.389. The second-order valence-corrected chi connectivity index (χ2v) is 8.58. The van der Waals surface area contributed by atoms with Crippen molar-refractivity contribution in [1.29, 1.82) is 0 Å². The highest BCUT2D eigenvalue weighted by molar-refractivity contribution is 6.63. The van der Waals surface area contributed by atoms with Crippen molar-refractivity contribution in [3.8, 4) is 0 Å². The number of carbonyl (C=O) groups excluding carboxylic acids is 1. The molecule has 14 heavy (non-hydrogen) atoms. The van der Waals surface area contributed by atoms with Gasteiger partial charge in [-0.25, -0.2) is 0 Å². The molecule has 2 atom stereocenters. The maximum atomic E-state index is 11.9. The molecule has 1 amide bonds. The summed E-state index contributed by atoms with van der Waals surface area (Å²) in [6, 6.07) is 0.286. The summed E-state index contributed by atoms with van der Waals surface area (Å²) in [6.45, 7) is 14.6. The number of hydrogen-bond acceptors (Lipinski definition) is 1. The van der Waals surface area contributed by atoms with Crippen LogP contribution in [-0.2, 0) is 4.79 Å².